The molecule has 0 saturated heterocycles. The molecule has 0 unspecified atom stereocenters. The van der Waals surface area contributed by atoms with Crippen molar-refractivity contribution in [3.8, 4) is 0 Å². The van der Waals surface area contributed by atoms with Crippen LogP contribution in [-0.2, 0) is 4.57 Å². The quantitative estimate of drug-likeness (QED) is 0.518. The summed E-state index contributed by atoms with van der Waals surface area (Å²) in [5, 5.41) is 0. The highest BCUT2D eigenvalue weighted by molar-refractivity contribution is 7.45. The van der Waals surface area contributed by atoms with Gasteiger partial charge < -0.3 is 14.7 Å². The minimum absolute atomic E-state index is 1.21. The molecule has 0 spiro atoms. The molecule has 0 fully saturated rings. The molecule has 0 radical (unpaired) electrons. The van der Waals surface area contributed by atoms with Gasteiger partial charge >= 0.3 is 7.82 Å². The first-order chi connectivity index (χ1) is 5.39. The number of pyridine rings is 1. The molecule has 0 aromatic carbocycles. The van der Waals surface area contributed by atoms with Crippen LogP contribution in [0.3, 0.4) is 0 Å². The summed E-state index contributed by atoms with van der Waals surface area (Å²) >= 11 is 0. The van der Waals surface area contributed by atoms with Crippen molar-refractivity contribution < 1.29 is 19.2 Å². The first-order valence-corrected chi connectivity index (χ1v) is 4.61. The first kappa shape index (κ1) is 11.3. The van der Waals surface area contributed by atoms with Gasteiger partial charge in [-0.25, -0.2) is 4.57 Å². The molecule has 12 heavy (non-hydrogen) atoms. The van der Waals surface area contributed by atoms with Crippen LogP contribution in [0.25, 0.3) is 0 Å². The van der Waals surface area contributed by atoms with E-state index in [0.29, 0.717) is 0 Å². The van der Waals surface area contributed by atoms with Gasteiger partial charge in [0, 0.05) is 12.4 Å². The molecule has 0 aliphatic carbocycles. The lowest BCUT2D eigenvalue weighted by Crippen LogP contribution is -1.69. The number of aromatic nitrogens is 1. The van der Waals surface area contributed by atoms with Crippen LogP contribution >= 0.6 is 7.82 Å². The minimum Gasteiger partial charge on any atom is -0.303 e. The van der Waals surface area contributed by atoms with Crippen LogP contribution < -0.4 is 0 Å². The molecular weight excluding hydrogens is 181 g/mol. The van der Waals surface area contributed by atoms with Gasteiger partial charge in [0.05, 0.1) is 0 Å². The summed E-state index contributed by atoms with van der Waals surface area (Å²) < 4.78 is 8.88. The van der Waals surface area contributed by atoms with E-state index in [-0.39, 0.29) is 0 Å². The first-order valence-electron chi connectivity index (χ1n) is 3.04. The maximum atomic E-state index is 8.88. The fourth-order valence-corrected chi connectivity index (χ4v) is 0.448. The molecule has 1 aromatic rings. The Morgan fingerprint density at radius 1 is 1.42 bits per heavy atom. The third-order valence-corrected chi connectivity index (χ3v) is 0.809. The van der Waals surface area contributed by atoms with E-state index < -0.39 is 7.82 Å². The van der Waals surface area contributed by atoms with Gasteiger partial charge in [0.2, 0.25) is 0 Å². The standard InChI is InChI=1S/C6H7N.H3O4P/c1-6-3-2-4-7-5-6;1-5(2,3)4/h2-5H,1H3;(H3,1,2,3,4). The van der Waals surface area contributed by atoms with Crippen molar-refractivity contribution in [3.63, 3.8) is 0 Å². The Bertz CT molecular complexity index is 249. The van der Waals surface area contributed by atoms with E-state index in [1.54, 1.807) is 6.20 Å². The Labute approximate surface area is 70.0 Å². The lowest BCUT2D eigenvalue weighted by molar-refractivity contribution is 0.275. The van der Waals surface area contributed by atoms with Gasteiger partial charge in [-0.15, -0.1) is 0 Å². The highest BCUT2D eigenvalue weighted by Gasteiger charge is 2.00. The fraction of sp³-hybridized carbons (Fsp3) is 0.167. The van der Waals surface area contributed by atoms with Crippen LogP contribution in [0, 0.1) is 6.92 Å². The monoisotopic (exact) mass is 191 g/mol. The molecule has 5 nitrogen and oxygen atoms in total. The largest absolute Gasteiger partial charge is 0.466 e. The maximum Gasteiger partial charge on any atom is 0.466 e. The Kier molecular flexibility index (Phi) is 4.70. The van der Waals surface area contributed by atoms with Crippen molar-refractivity contribution >= 4 is 7.82 Å². The average molecular weight is 191 g/mol. The van der Waals surface area contributed by atoms with Crippen molar-refractivity contribution in [3.05, 3.63) is 30.1 Å². The maximum absolute atomic E-state index is 8.88. The fourth-order valence-electron chi connectivity index (χ4n) is 0.448. The summed E-state index contributed by atoms with van der Waals surface area (Å²) in [6.45, 7) is 2.02. The molecule has 1 aromatic heterocycles. The second-order valence-corrected chi connectivity index (χ2v) is 3.07. The van der Waals surface area contributed by atoms with Gasteiger partial charge in [0.1, 0.15) is 0 Å². The van der Waals surface area contributed by atoms with Gasteiger partial charge in [-0.2, -0.15) is 0 Å². The topological polar surface area (TPSA) is 90.7 Å². The summed E-state index contributed by atoms with van der Waals surface area (Å²) in [4.78, 5) is 25.4. The van der Waals surface area contributed by atoms with Crippen LogP contribution in [0.15, 0.2) is 24.5 Å². The van der Waals surface area contributed by atoms with Crippen molar-refractivity contribution in [1.29, 1.82) is 0 Å². The van der Waals surface area contributed by atoms with E-state index in [0.717, 1.165) is 0 Å². The van der Waals surface area contributed by atoms with E-state index in [2.05, 4.69) is 4.98 Å². The second kappa shape index (κ2) is 5.00. The van der Waals surface area contributed by atoms with E-state index in [9.17, 15) is 0 Å². The Morgan fingerprint density at radius 2 is 1.92 bits per heavy atom. The molecule has 0 atom stereocenters. The summed E-state index contributed by atoms with van der Waals surface area (Å²) in [6, 6.07) is 3.95. The zero-order valence-corrected chi connectivity index (χ0v) is 7.35. The molecular formula is C6H10NO4P. The van der Waals surface area contributed by atoms with Crippen LogP contribution in [0.4, 0.5) is 0 Å². The number of rotatable bonds is 0. The summed E-state index contributed by atoms with van der Waals surface area (Å²) in [7, 11) is -4.64. The van der Waals surface area contributed by atoms with Crippen molar-refractivity contribution in [2.24, 2.45) is 0 Å². The Balaban J connectivity index is 0.000000217. The highest BCUT2D eigenvalue weighted by atomic mass is 31.2. The van der Waals surface area contributed by atoms with E-state index in [1.165, 1.54) is 5.56 Å². The number of nitrogens with zero attached hydrogens (tertiary/aromatic N) is 1. The van der Waals surface area contributed by atoms with Crippen molar-refractivity contribution in [2.75, 3.05) is 0 Å². The molecule has 0 amide bonds. The molecule has 3 N–H and O–H groups in total. The van der Waals surface area contributed by atoms with E-state index in [4.69, 9.17) is 19.2 Å². The van der Waals surface area contributed by atoms with Crippen LogP contribution in [0.2, 0.25) is 0 Å². The number of aryl methyl sites for hydroxylation is 1. The van der Waals surface area contributed by atoms with Gasteiger partial charge in [-0.05, 0) is 18.6 Å². The van der Waals surface area contributed by atoms with Gasteiger partial charge in [-0.1, -0.05) is 6.07 Å². The zero-order chi connectivity index (χ0) is 9.61. The highest BCUT2D eigenvalue weighted by Crippen LogP contribution is 2.25. The van der Waals surface area contributed by atoms with Crippen molar-refractivity contribution in [1.82, 2.24) is 4.98 Å². The number of hydrogen-bond acceptors (Lipinski definition) is 2. The van der Waals surface area contributed by atoms with Crippen molar-refractivity contribution in [2.45, 2.75) is 6.92 Å². The molecule has 0 saturated carbocycles. The van der Waals surface area contributed by atoms with Crippen LogP contribution in [0.5, 0.6) is 0 Å². The van der Waals surface area contributed by atoms with Gasteiger partial charge in [0.15, 0.2) is 0 Å². The average Bonchev–Trinajstić information content (AvgIpc) is 1.85. The van der Waals surface area contributed by atoms with Crippen LogP contribution in [-0.4, -0.2) is 19.7 Å². The number of phosphoric acid groups is 1. The normalized spacial score (nSPS) is 10.0. The zero-order valence-electron chi connectivity index (χ0n) is 6.45. The predicted octanol–water partition coefficient (Wildman–Crippen LogP) is 0.461. The molecule has 0 aliphatic heterocycles. The van der Waals surface area contributed by atoms with Gasteiger partial charge in [-0.3, -0.25) is 4.98 Å². The molecule has 1 heterocycles. The van der Waals surface area contributed by atoms with E-state index >= 15 is 0 Å². The van der Waals surface area contributed by atoms with Crippen LogP contribution in [0.1, 0.15) is 5.56 Å². The molecule has 0 bridgehead atoms. The smallest absolute Gasteiger partial charge is 0.303 e. The molecule has 0 aliphatic rings. The third-order valence-electron chi connectivity index (χ3n) is 0.809. The second-order valence-electron chi connectivity index (χ2n) is 2.04. The lowest BCUT2D eigenvalue weighted by atomic mass is 10.3. The molecule has 68 valence electrons. The summed E-state index contributed by atoms with van der Waals surface area (Å²) in [5.74, 6) is 0. The van der Waals surface area contributed by atoms with Gasteiger partial charge in [0.25, 0.3) is 0 Å². The third kappa shape index (κ3) is 12.0. The SMILES string of the molecule is Cc1cccnc1.O=P(O)(O)O. The molecule has 6 heteroatoms. The number of hydrogen-bond donors (Lipinski definition) is 3. The van der Waals surface area contributed by atoms with E-state index in [1.807, 2.05) is 25.3 Å². The minimum atomic E-state index is -4.64. The Morgan fingerprint density at radius 3 is 2.08 bits per heavy atom. The summed E-state index contributed by atoms with van der Waals surface area (Å²) in [5.41, 5.74) is 1.21. The molecule has 1 rings (SSSR count). The Hall–Kier alpha value is -0.740. The lowest BCUT2D eigenvalue weighted by Gasteiger charge is -1.82. The predicted molar refractivity (Wildman–Crippen MR) is 43.2 cm³/mol. The summed E-state index contributed by atoms with van der Waals surface area (Å²) in [6.07, 6.45) is 3.60.